The van der Waals surface area contributed by atoms with Crippen LogP contribution in [0, 0.1) is 6.92 Å². The van der Waals surface area contributed by atoms with Gasteiger partial charge in [0.25, 0.3) is 5.91 Å². The van der Waals surface area contributed by atoms with E-state index in [2.05, 4.69) is 20.2 Å². The first-order chi connectivity index (χ1) is 18.8. The summed E-state index contributed by atoms with van der Waals surface area (Å²) in [6.07, 6.45) is -2.69. The minimum Gasteiger partial charge on any atom is -0.491 e. The molecule has 11 nitrogen and oxygen atoms in total. The van der Waals surface area contributed by atoms with Gasteiger partial charge in [-0.25, -0.2) is 14.8 Å². The van der Waals surface area contributed by atoms with E-state index in [1.807, 2.05) is 19.2 Å². The van der Waals surface area contributed by atoms with Gasteiger partial charge in [-0.3, -0.25) is 15.0 Å². The Morgan fingerprint density at radius 1 is 1.30 bits per heavy atom. The Morgan fingerprint density at radius 2 is 2.08 bits per heavy atom. The van der Waals surface area contributed by atoms with Crippen LogP contribution >= 0.6 is 0 Å². The Kier molecular flexibility index (Phi) is 7.25. The number of aromatic nitrogens is 2. The molecule has 14 heteroatoms. The summed E-state index contributed by atoms with van der Waals surface area (Å²) in [5, 5.41) is 4.70. The summed E-state index contributed by atoms with van der Waals surface area (Å²) in [4.78, 5) is 38.3. The van der Waals surface area contributed by atoms with Crippen molar-refractivity contribution in [2.24, 2.45) is 0 Å². The molecule has 3 atom stereocenters. The van der Waals surface area contributed by atoms with Gasteiger partial charge in [0.1, 0.15) is 36.0 Å². The van der Waals surface area contributed by atoms with Crippen molar-refractivity contribution < 1.29 is 37.0 Å². The zero-order chi connectivity index (χ0) is 28.8. The van der Waals surface area contributed by atoms with Crippen LogP contribution in [0.15, 0.2) is 24.4 Å². The summed E-state index contributed by atoms with van der Waals surface area (Å²) in [5.74, 6) is -0.732. The van der Waals surface area contributed by atoms with Crippen molar-refractivity contribution in [2.75, 3.05) is 41.4 Å². The maximum absolute atomic E-state index is 13.6. The van der Waals surface area contributed by atoms with E-state index in [-0.39, 0.29) is 36.1 Å². The number of hydrogen-bond acceptors (Lipinski definition) is 8. The molecule has 0 aliphatic carbocycles. The van der Waals surface area contributed by atoms with Gasteiger partial charge >= 0.3 is 12.2 Å². The van der Waals surface area contributed by atoms with E-state index in [0.717, 1.165) is 6.92 Å². The molecular formula is C26H31F3N6O5. The van der Waals surface area contributed by atoms with Crippen molar-refractivity contribution in [1.29, 1.82) is 0 Å². The quantitative estimate of drug-likeness (QED) is 0.546. The number of hydrogen-bond donors (Lipinski definition) is 2. The molecule has 40 heavy (non-hydrogen) atoms. The van der Waals surface area contributed by atoms with Gasteiger partial charge in [-0.2, -0.15) is 13.2 Å². The fourth-order valence-electron chi connectivity index (χ4n) is 5.04. The summed E-state index contributed by atoms with van der Waals surface area (Å²) in [7, 11) is 0. The van der Waals surface area contributed by atoms with Crippen molar-refractivity contribution in [3.63, 3.8) is 0 Å². The van der Waals surface area contributed by atoms with Crippen LogP contribution in [0.25, 0.3) is 0 Å². The minimum atomic E-state index is -4.60. The number of carbonyl (C=O) groups is 2. The lowest BCUT2D eigenvalue weighted by molar-refractivity contribution is -0.149. The summed E-state index contributed by atoms with van der Waals surface area (Å²) in [6, 6.07) is 1.84. The van der Waals surface area contributed by atoms with E-state index >= 15 is 0 Å². The maximum atomic E-state index is 13.6. The van der Waals surface area contributed by atoms with Gasteiger partial charge in [0.05, 0.1) is 18.3 Å². The lowest BCUT2D eigenvalue weighted by Crippen LogP contribution is -2.49. The Bertz CT molecular complexity index is 1310. The van der Waals surface area contributed by atoms with Crippen LogP contribution in [0.3, 0.4) is 0 Å². The monoisotopic (exact) mass is 564 g/mol. The van der Waals surface area contributed by atoms with E-state index in [4.69, 9.17) is 14.2 Å². The van der Waals surface area contributed by atoms with Gasteiger partial charge in [0, 0.05) is 25.4 Å². The second-order valence-corrected chi connectivity index (χ2v) is 10.6. The highest BCUT2D eigenvalue weighted by Crippen LogP contribution is 2.41. The fourth-order valence-corrected chi connectivity index (χ4v) is 5.04. The van der Waals surface area contributed by atoms with Crippen molar-refractivity contribution >= 4 is 29.3 Å². The smallest absolute Gasteiger partial charge is 0.408 e. The molecule has 2 aromatic heterocycles. The van der Waals surface area contributed by atoms with Crippen molar-refractivity contribution in [3.05, 3.63) is 35.7 Å². The molecule has 3 amide bonds. The van der Waals surface area contributed by atoms with Crippen LogP contribution in [-0.2, 0) is 9.47 Å². The molecule has 216 valence electrons. The average Bonchev–Trinajstić information content (AvgIpc) is 3.44. The second kappa shape index (κ2) is 10.4. The molecule has 0 radical (unpaired) electrons. The molecule has 5 heterocycles. The van der Waals surface area contributed by atoms with Gasteiger partial charge in [0.15, 0.2) is 11.6 Å². The van der Waals surface area contributed by atoms with E-state index in [0.29, 0.717) is 43.1 Å². The van der Waals surface area contributed by atoms with Gasteiger partial charge in [0.2, 0.25) is 0 Å². The normalized spacial score (nSPS) is 22.1. The van der Waals surface area contributed by atoms with Crippen molar-refractivity contribution in [1.82, 2.24) is 15.3 Å². The molecule has 0 aromatic carbocycles. The van der Waals surface area contributed by atoms with Gasteiger partial charge in [-0.05, 0) is 51.8 Å². The zero-order valence-electron chi connectivity index (χ0n) is 22.5. The highest BCUT2D eigenvalue weighted by Gasteiger charge is 2.42. The van der Waals surface area contributed by atoms with Crippen LogP contribution in [-0.4, -0.2) is 78.4 Å². The molecule has 5 rings (SSSR count). The number of aryl methyl sites for hydroxylation is 1. The van der Waals surface area contributed by atoms with Gasteiger partial charge < -0.3 is 24.4 Å². The number of urea groups is 1. The summed E-state index contributed by atoms with van der Waals surface area (Å²) < 4.78 is 56.2. The number of amides is 3. The first-order valence-corrected chi connectivity index (χ1v) is 13.0. The number of anilines is 3. The van der Waals surface area contributed by atoms with E-state index in [1.165, 1.54) is 17.2 Å². The number of fused-ring (bicyclic) bond motifs is 4. The highest BCUT2D eigenvalue weighted by molar-refractivity contribution is 6.05. The molecule has 2 fully saturated rings. The lowest BCUT2D eigenvalue weighted by Gasteiger charge is -2.36. The molecule has 0 spiro atoms. The van der Waals surface area contributed by atoms with Crippen molar-refractivity contribution in [3.8, 4) is 5.75 Å². The van der Waals surface area contributed by atoms with Crippen LogP contribution in [0.2, 0.25) is 0 Å². The molecule has 3 aliphatic heterocycles. The Labute approximate surface area is 229 Å². The molecule has 2 unspecified atom stereocenters. The largest absolute Gasteiger partial charge is 0.491 e. The average molecular weight is 565 g/mol. The topological polar surface area (TPSA) is 118 Å². The third-order valence-corrected chi connectivity index (χ3v) is 7.00. The summed E-state index contributed by atoms with van der Waals surface area (Å²) in [6.45, 7) is 8.13. The number of halogens is 3. The van der Waals surface area contributed by atoms with Crippen LogP contribution < -0.4 is 25.2 Å². The third-order valence-electron chi connectivity index (χ3n) is 7.00. The van der Waals surface area contributed by atoms with E-state index in [1.54, 1.807) is 19.1 Å². The number of nitrogens with zero attached hydrogens (tertiary/aromatic N) is 4. The fraction of sp³-hybridized carbons (Fsp3) is 0.538. The minimum absolute atomic E-state index is 0.206. The number of carbonyl (C=O) groups excluding carboxylic acids is 2. The molecule has 2 saturated heterocycles. The standard InChI is InChI=1S/C26H31F3N6O5/c1-14-9-19(23(36)31-15(2)26(27,28)29)32-22-21(14)34-8-6-16(11-34)35(22)24(37)33-20-10-17(5-7-30-20)38-12-18-13-39-25(3,4)40-18/h5,7,9-10,15-16,18H,6,8,11-13H2,1-4H3,(H,31,36)(H,30,33,37)/t15?,16-,18?/m0/s1. The second-order valence-electron chi connectivity index (χ2n) is 10.6. The Balaban J connectivity index is 1.34. The van der Waals surface area contributed by atoms with Gasteiger partial charge in [-0.1, -0.05) is 0 Å². The molecule has 2 N–H and O–H groups in total. The third kappa shape index (κ3) is 5.77. The SMILES string of the molecule is Cc1cc(C(=O)NC(C)C(F)(F)F)nc2c1N1CC[C@@H](C1)N2C(=O)Nc1cc(OCC2COC(C)(C)O2)ccn1. The number of pyridine rings is 2. The summed E-state index contributed by atoms with van der Waals surface area (Å²) in [5.41, 5.74) is 1.08. The number of alkyl halides is 3. The van der Waals surface area contributed by atoms with Crippen LogP contribution in [0.1, 0.15) is 43.2 Å². The predicted octanol–water partition coefficient (Wildman–Crippen LogP) is 3.63. The Hall–Kier alpha value is -3.65. The maximum Gasteiger partial charge on any atom is 0.408 e. The van der Waals surface area contributed by atoms with Crippen LogP contribution in [0.5, 0.6) is 5.75 Å². The van der Waals surface area contributed by atoms with Gasteiger partial charge in [-0.15, -0.1) is 0 Å². The molecular weight excluding hydrogens is 533 g/mol. The lowest BCUT2D eigenvalue weighted by atomic mass is 10.1. The molecule has 0 saturated carbocycles. The number of nitrogens with one attached hydrogen (secondary N) is 2. The molecule has 3 aliphatic rings. The summed E-state index contributed by atoms with van der Waals surface area (Å²) >= 11 is 0. The molecule has 2 aromatic rings. The predicted molar refractivity (Wildman–Crippen MR) is 139 cm³/mol. The first-order valence-electron chi connectivity index (χ1n) is 13.0. The highest BCUT2D eigenvalue weighted by atomic mass is 19.4. The van der Waals surface area contributed by atoms with Crippen LogP contribution in [0.4, 0.5) is 35.3 Å². The van der Waals surface area contributed by atoms with E-state index < -0.39 is 29.9 Å². The van der Waals surface area contributed by atoms with Crippen molar-refractivity contribution in [2.45, 2.75) is 64.3 Å². The van der Waals surface area contributed by atoms with E-state index in [9.17, 15) is 22.8 Å². The molecule has 2 bridgehead atoms. The zero-order valence-corrected chi connectivity index (χ0v) is 22.5. The number of rotatable bonds is 6. The number of ether oxygens (including phenoxy) is 3. The Morgan fingerprint density at radius 3 is 2.77 bits per heavy atom. The first kappa shape index (κ1) is 27.9.